The molecular formula is C21H30N2O3. The number of methoxy groups -OCH3 is 1. The minimum absolute atomic E-state index is 0.219. The number of rotatable bonds is 7. The third kappa shape index (κ3) is 4.67. The first kappa shape index (κ1) is 19.0. The van der Waals surface area contributed by atoms with Crippen molar-refractivity contribution < 1.29 is 14.3 Å². The summed E-state index contributed by atoms with van der Waals surface area (Å²) in [4.78, 5) is 4.91. The lowest BCUT2D eigenvalue weighted by atomic mass is 10.1. The van der Waals surface area contributed by atoms with Crippen molar-refractivity contribution in [2.24, 2.45) is 0 Å². The van der Waals surface area contributed by atoms with Crippen molar-refractivity contribution in [3.63, 3.8) is 0 Å². The van der Waals surface area contributed by atoms with Crippen molar-refractivity contribution in [3.05, 3.63) is 53.0 Å². The van der Waals surface area contributed by atoms with Gasteiger partial charge in [0.05, 0.1) is 13.7 Å². The van der Waals surface area contributed by atoms with Crippen LogP contribution in [-0.4, -0.2) is 54.3 Å². The van der Waals surface area contributed by atoms with Gasteiger partial charge in [-0.15, -0.1) is 0 Å². The van der Waals surface area contributed by atoms with E-state index in [4.69, 9.17) is 9.15 Å². The van der Waals surface area contributed by atoms with E-state index in [9.17, 15) is 5.11 Å². The lowest BCUT2D eigenvalue weighted by molar-refractivity contribution is 0.0467. The number of aliphatic hydroxyl groups excluding tert-OH is 1. The van der Waals surface area contributed by atoms with E-state index in [0.29, 0.717) is 6.04 Å². The largest absolute Gasteiger partial charge is 0.496 e. The molecule has 0 saturated carbocycles. The maximum Gasteiger partial charge on any atom is 0.121 e. The predicted octanol–water partition coefficient (Wildman–Crippen LogP) is 2.97. The molecule has 1 fully saturated rings. The van der Waals surface area contributed by atoms with E-state index < -0.39 is 0 Å². The van der Waals surface area contributed by atoms with E-state index >= 15 is 0 Å². The molecule has 1 aromatic heterocycles. The highest BCUT2D eigenvalue weighted by atomic mass is 16.5. The number of ether oxygens (including phenoxy) is 1. The van der Waals surface area contributed by atoms with Gasteiger partial charge in [-0.3, -0.25) is 9.80 Å². The van der Waals surface area contributed by atoms with Crippen molar-refractivity contribution in [2.45, 2.75) is 39.4 Å². The van der Waals surface area contributed by atoms with Crippen molar-refractivity contribution in [3.8, 4) is 5.75 Å². The number of benzene rings is 1. The van der Waals surface area contributed by atoms with Gasteiger partial charge in [0.15, 0.2) is 0 Å². The third-order valence-electron chi connectivity index (χ3n) is 5.17. The van der Waals surface area contributed by atoms with E-state index in [1.165, 1.54) is 5.56 Å². The van der Waals surface area contributed by atoms with Crippen LogP contribution in [0, 0.1) is 13.8 Å². The minimum atomic E-state index is 0.219. The van der Waals surface area contributed by atoms with E-state index in [0.717, 1.165) is 62.0 Å². The summed E-state index contributed by atoms with van der Waals surface area (Å²) >= 11 is 0. The van der Waals surface area contributed by atoms with Gasteiger partial charge in [0.2, 0.25) is 0 Å². The first-order valence-electron chi connectivity index (χ1n) is 9.35. The number of aliphatic hydroxyl groups is 1. The van der Waals surface area contributed by atoms with Gasteiger partial charge in [0, 0.05) is 38.8 Å². The highest BCUT2D eigenvalue weighted by Gasteiger charge is 2.27. The van der Waals surface area contributed by atoms with Crippen molar-refractivity contribution in [1.29, 1.82) is 0 Å². The Hall–Kier alpha value is -1.82. The molecule has 0 bridgehead atoms. The Morgan fingerprint density at radius 1 is 1.15 bits per heavy atom. The molecule has 1 aromatic carbocycles. The molecule has 1 aliphatic rings. The second-order valence-corrected chi connectivity index (χ2v) is 7.19. The second-order valence-electron chi connectivity index (χ2n) is 7.19. The van der Waals surface area contributed by atoms with Crippen molar-refractivity contribution in [2.75, 3.05) is 33.4 Å². The summed E-state index contributed by atoms with van der Waals surface area (Å²) in [6, 6.07) is 10.8. The molecule has 0 radical (unpaired) electrons. The number of piperazine rings is 1. The fourth-order valence-electron chi connectivity index (χ4n) is 3.80. The first-order valence-corrected chi connectivity index (χ1v) is 9.35. The van der Waals surface area contributed by atoms with Gasteiger partial charge in [-0.25, -0.2) is 0 Å². The molecule has 0 unspecified atom stereocenters. The Kier molecular flexibility index (Phi) is 6.35. The molecule has 142 valence electrons. The molecule has 1 atom stereocenters. The van der Waals surface area contributed by atoms with Crippen LogP contribution in [0.5, 0.6) is 5.75 Å². The molecule has 0 amide bonds. The van der Waals surface area contributed by atoms with E-state index in [-0.39, 0.29) is 6.61 Å². The van der Waals surface area contributed by atoms with E-state index in [1.807, 2.05) is 19.1 Å². The molecule has 26 heavy (non-hydrogen) atoms. The monoisotopic (exact) mass is 358 g/mol. The van der Waals surface area contributed by atoms with Gasteiger partial charge < -0.3 is 14.3 Å². The van der Waals surface area contributed by atoms with Crippen LogP contribution in [0.4, 0.5) is 0 Å². The van der Waals surface area contributed by atoms with Gasteiger partial charge in [-0.1, -0.05) is 12.1 Å². The number of hydrogen-bond donors (Lipinski definition) is 1. The fourth-order valence-corrected chi connectivity index (χ4v) is 3.80. The predicted molar refractivity (Wildman–Crippen MR) is 102 cm³/mol. The standard InChI is InChI=1S/C21H30N2O3/c1-16-12-18(5-7-21(16)25-3)13-23-10-9-22(14-19(23)8-11-24)15-20-6-4-17(2)26-20/h4-7,12,19,24H,8-11,13-15H2,1-3H3/t19-/m0/s1. The summed E-state index contributed by atoms with van der Waals surface area (Å²) in [6.07, 6.45) is 0.794. The maximum atomic E-state index is 9.51. The van der Waals surface area contributed by atoms with Crippen molar-refractivity contribution >= 4 is 0 Å². The molecule has 0 spiro atoms. The average Bonchev–Trinajstić information content (AvgIpc) is 3.02. The molecule has 1 saturated heterocycles. The molecule has 3 rings (SSSR count). The Balaban J connectivity index is 1.63. The molecule has 5 nitrogen and oxygen atoms in total. The molecule has 1 N–H and O–H groups in total. The Bertz CT molecular complexity index is 713. The smallest absolute Gasteiger partial charge is 0.121 e. The van der Waals surface area contributed by atoms with Crippen LogP contribution in [0.2, 0.25) is 0 Å². The molecule has 1 aliphatic heterocycles. The zero-order chi connectivity index (χ0) is 18.5. The maximum absolute atomic E-state index is 9.51. The number of hydrogen-bond acceptors (Lipinski definition) is 5. The zero-order valence-electron chi connectivity index (χ0n) is 16.1. The van der Waals surface area contributed by atoms with Crippen LogP contribution >= 0.6 is 0 Å². The highest BCUT2D eigenvalue weighted by Crippen LogP contribution is 2.22. The van der Waals surface area contributed by atoms with Crippen molar-refractivity contribution in [1.82, 2.24) is 9.80 Å². The molecule has 0 aliphatic carbocycles. The van der Waals surface area contributed by atoms with Crippen LogP contribution in [0.25, 0.3) is 0 Å². The summed E-state index contributed by atoms with van der Waals surface area (Å²) in [6.45, 7) is 8.98. The highest BCUT2D eigenvalue weighted by molar-refractivity contribution is 5.36. The average molecular weight is 358 g/mol. The quantitative estimate of drug-likeness (QED) is 0.825. The second kappa shape index (κ2) is 8.71. The van der Waals surface area contributed by atoms with Crippen LogP contribution in [0.1, 0.15) is 29.1 Å². The van der Waals surface area contributed by atoms with E-state index in [2.05, 4.69) is 34.9 Å². The van der Waals surface area contributed by atoms with Crippen LogP contribution < -0.4 is 4.74 Å². The lowest BCUT2D eigenvalue weighted by Crippen LogP contribution is -2.52. The summed E-state index contributed by atoms with van der Waals surface area (Å²) in [5.74, 6) is 2.91. The Morgan fingerprint density at radius 3 is 2.65 bits per heavy atom. The van der Waals surface area contributed by atoms with Gasteiger partial charge in [0.1, 0.15) is 17.3 Å². The SMILES string of the molecule is COc1ccc(CN2CCN(Cc3ccc(C)o3)C[C@@H]2CCO)cc1C. The van der Waals surface area contributed by atoms with Gasteiger partial charge in [-0.05, 0) is 49.6 Å². The lowest BCUT2D eigenvalue weighted by Gasteiger charge is -2.41. The summed E-state index contributed by atoms with van der Waals surface area (Å²) in [5, 5.41) is 9.51. The Morgan fingerprint density at radius 2 is 2.00 bits per heavy atom. The summed E-state index contributed by atoms with van der Waals surface area (Å²) in [5.41, 5.74) is 2.46. The Labute approximate surface area is 156 Å². The normalized spacial score (nSPS) is 19.0. The molecule has 2 aromatic rings. The fraction of sp³-hybridized carbons (Fsp3) is 0.524. The van der Waals surface area contributed by atoms with Gasteiger partial charge in [0.25, 0.3) is 0 Å². The van der Waals surface area contributed by atoms with Gasteiger partial charge >= 0.3 is 0 Å². The third-order valence-corrected chi connectivity index (χ3v) is 5.17. The van der Waals surface area contributed by atoms with Crippen LogP contribution in [0.3, 0.4) is 0 Å². The minimum Gasteiger partial charge on any atom is -0.496 e. The summed E-state index contributed by atoms with van der Waals surface area (Å²) in [7, 11) is 1.71. The van der Waals surface area contributed by atoms with Crippen LogP contribution in [-0.2, 0) is 13.1 Å². The number of furan rings is 1. The topological polar surface area (TPSA) is 49.1 Å². The zero-order valence-corrected chi connectivity index (χ0v) is 16.1. The van der Waals surface area contributed by atoms with Crippen LogP contribution in [0.15, 0.2) is 34.7 Å². The molecule has 2 heterocycles. The number of nitrogens with zero attached hydrogens (tertiary/aromatic N) is 2. The van der Waals surface area contributed by atoms with Gasteiger partial charge in [-0.2, -0.15) is 0 Å². The number of aryl methyl sites for hydroxylation is 2. The first-order chi connectivity index (χ1) is 12.6. The summed E-state index contributed by atoms with van der Waals surface area (Å²) < 4.78 is 11.1. The van der Waals surface area contributed by atoms with E-state index in [1.54, 1.807) is 7.11 Å². The molecular weight excluding hydrogens is 328 g/mol. The molecule has 5 heteroatoms.